The smallest absolute Gasteiger partial charge is 0.0483 e. The third-order valence-electron chi connectivity index (χ3n) is 0. The van der Waals surface area contributed by atoms with E-state index in [1.807, 2.05) is 0 Å². The van der Waals surface area contributed by atoms with Crippen LogP contribution in [0.5, 0.6) is 0 Å². The summed E-state index contributed by atoms with van der Waals surface area (Å²) in [7, 11) is 0. The zero-order valence-electron chi connectivity index (χ0n) is 6.79. The molecule has 1 nitrogen and oxygen atoms in total. The molecule has 0 aliphatic rings. The topological polar surface area (TPSA) is 20.2 Å². The van der Waals surface area contributed by atoms with Crippen LogP contribution in [0.2, 0.25) is 0 Å². The van der Waals surface area contributed by atoms with Crippen molar-refractivity contribution in [1.82, 2.24) is 0 Å². The van der Waals surface area contributed by atoms with E-state index in [0.717, 1.165) is 0 Å². The van der Waals surface area contributed by atoms with Gasteiger partial charge in [-0.2, -0.15) is 20.8 Å². The van der Waals surface area contributed by atoms with Crippen molar-refractivity contribution >= 4 is 0 Å². The van der Waals surface area contributed by atoms with Crippen LogP contribution in [-0.4, -0.2) is 11.2 Å². The fourth-order valence-electron chi connectivity index (χ4n) is 0. The van der Waals surface area contributed by atoms with Crippen LogP contribution in [-0.2, 0) is 0 Å². The third-order valence-corrected chi connectivity index (χ3v) is 0. The summed E-state index contributed by atoms with van der Waals surface area (Å²) in [5.74, 6) is 1.42. The van der Waals surface area contributed by atoms with Gasteiger partial charge in [0.2, 0.25) is 0 Å². The van der Waals surface area contributed by atoms with Crippen molar-refractivity contribution < 1.29 is 52.0 Å². The molecule has 66 valence electrons. The van der Waals surface area contributed by atoms with E-state index in [1.54, 1.807) is 13.8 Å². The van der Waals surface area contributed by atoms with Gasteiger partial charge in [-0.25, -0.2) is 0 Å². The number of aliphatic hydroxyl groups is 1. The number of hydrogen-bond acceptors (Lipinski definition) is 1. The van der Waals surface area contributed by atoms with Gasteiger partial charge in [-0.3, -0.25) is 0 Å². The van der Waals surface area contributed by atoms with Crippen molar-refractivity contribution in [3.05, 3.63) is 5.92 Å². The summed E-state index contributed by atoms with van der Waals surface area (Å²) in [6.07, 6.45) is -0.167. The summed E-state index contributed by atoms with van der Waals surface area (Å²) in [5, 5.41) is 8.06. The number of hydrogen-bond donors (Lipinski definition) is 1. The van der Waals surface area contributed by atoms with Gasteiger partial charge < -0.3 is 11.0 Å². The van der Waals surface area contributed by atoms with Gasteiger partial charge in [-0.05, 0) is 13.8 Å². The largest absolute Gasteiger partial charge is 0.394 e. The summed E-state index contributed by atoms with van der Waals surface area (Å²) < 4.78 is 0. The maximum absolute atomic E-state index is 8.06. The zero-order valence-corrected chi connectivity index (χ0v) is 8.51. The molecule has 0 aromatic carbocycles. The maximum Gasteiger partial charge on any atom is 0.0483 e. The molecule has 0 aliphatic carbocycles. The second kappa shape index (κ2) is 12.2. The Bertz CT molecular complexity index is 24.4. The average Bonchev–Trinajstić information content (AvgIpc) is 1.25. The normalized spacial score (nSPS) is 8.00. The molecule has 0 atom stereocenters. The van der Waals surface area contributed by atoms with Gasteiger partial charge in [-0.1, -0.05) is 0 Å². The molecular formula is C7H17OYb-. The van der Waals surface area contributed by atoms with Gasteiger partial charge in [0.15, 0.2) is 0 Å². The first-order valence-electron chi connectivity index (χ1n) is 2.91. The van der Waals surface area contributed by atoms with Gasteiger partial charge in [-0.15, -0.1) is 0 Å². The van der Waals surface area contributed by atoms with Gasteiger partial charge in [0.25, 0.3) is 0 Å². The zero-order chi connectivity index (χ0) is 7.15. The van der Waals surface area contributed by atoms with E-state index in [1.165, 1.54) is 5.92 Å². The van der Waals surface area contributed by atoms with Gasteiger partial charge in [0, 0.05) is 53.0 Å². The summed E-state index contributed by atoms with van der Waals surface area (Å²) in [4.78, 5) is 0. The van der Waals surface area contributed by atoms with Gasteiger partial charge in [0.05, 0.1) is 0 Å². The van der Waals surface area contributed by atoms with E-state index in [2.05, 4.69) is 20.8 Å². The van der Waals surface area contributed by atoms with E-state index >= 15 is 0 Å². The molecule has 0 aromatic heterocycles. The third kappa shape index (κ3) is 242. The minimum atomic E-state index is -0.167. The van der Waals surface area contributed by atoms with Crippen LogP contribution in [0.25, 0.3) is 0 Å². The quantitative estimate of drug-likeness (QED) is 0.677. The molecular weight excluding hydrogens is 273 g/mol. The van der Waals surface area contributed by atoms with Crippen molar-refractivity contribution in [2.75, 3.05) is 0 Å². The van der Waals surface area contributed by atoms with Crippen molar-refractivity contribution in [3.8, 4) is 0 Å². The van der Waals surface area contributed by atoms with Crippen molar-refractivity contribution in [1.29, 1.82) is 0 Å². The molecule has 0 aromatic rings. The average molecular weight is 290 g/mol. The number of rotatable bonds is 0. The van der Waals surface area contributed by atoms with Crippen molar-refractivity contribution in [2.45, 2.75) is 40.7 Å². The van der Waals surface area contributed by atoms with E-state index in [-0.39, 0.29) is 53.0 Å². The Kier molecular flexibility index (Phi) is 22.8. The van der Waals surface area contributed by atoms with Crippen LogP contribution in [0.4, 0.5) is 0 Å². The van der Waals surface area contributed by atoms with Crippen molar-refractivity contribution in [3.63, 3.8) is 0 Å². The molecule has 0 unspecified atom stereocenters. The molecule has 0 aliphatic heterocycles. The van der Waals surface area contributed by atoms with Gasteiger partial charge in [0.1, 0.15) is 0 Å². The standard InChI is InChI=1S/C4H9.C3H8O.Yb/c1-4(2)3;1-3(2)4;/h1-3H3;3-4H,1-2H3;/q-1;;. The molecule has 0 bridgehead atoms. The molecule has 0 saturated carbocycles. The Hall–Kier alpha value is 1.48. The first-order valence-corrected chi connectivity index (χ1v) is 2.91. The second-order valence-electron chi connectivity index (χ2n) is 2.59. The molecule has 0 saturated heterocycles. The maximum atomic E-state index is 8.06. The summed E-state index contributed by atoms with van der Waals surface area (Å²) >= 11 is 0. The predicted molar refractivity (Wildman–Crippen MR) is 37.6 cm³/mol. The van der Waals surface area contributed by atoms with Crippen LogP contribution in [0, 0.1) is 52.8 Å². The van der Waals surface area contributed by atoms with E-state index < -0.39 is 0 Å². The van der Waals surface area contributed by atoms with E-state index in [4.69, 9.17) is 5.11 Å². The Morgan fingerprint density at radius 2 is 1.11 bits per heavy atom. The molecule has 9 heavy (non-hydrogen) atoms. The first-order chi connectivity index (χ1) is 3.46. The Morgan fingerprint density at radius 3 is 1.11 bits per heavy atom. The molecule has 0 radical (unpaired) electrons. The molecule has 0 spiro atoms. The van der Waals surface area contributed by atoms with Gasteiger partial charge >= 0.3 is 0 Å². The molecule has 0 heterocycles. The monoisotopic (exact) mass is 291 g/mol. The molecule has 0 fully saturated rings. The fourth-order valence-corrected chi connectivity index (χ4v) is 0. The van der Waals surface area contributed by atoms with E-state index in [9.17, 15) is 0 Å². The molecule has 2 heteroatoms. The summed E-state index contributed by atoms with van der Waals surface area (Å²) in [5.41, 5.74) is 0. The molecule has 0 rings (SSSR count). The predicted octanol–water partition coefficient (Wildman–Crippen LogP) is 2.01. The van der Waals surface area contributed by atoms with Crippen LogP contribution in [0.1, 0.15) is 34.6 Å². The molecule has 0 amide bonds. The van der Waals surface area contributed by atoms with E-state index in [0.29, 0.717) is 0 Å². The SMILES string of the molecule is CC(C)O.C[C-](C)C.[Yb]. The van der Waals surface area contributed by atoms with Crippen LogP contribution >= 0.6 is 0 Å². The van der Waals surface area contributed by atoms with Crippen molar-refractivity contribution in [2.24, 2.45) is 0 Å². The fraction of sp³-hybridized carbons (Fsp3) is 0.857. The minimum Gasteiger partial charge on any atom is -0.394 e. The summed E-state index contributed by atoms with van der Waals surface area (Å²) in [6, 6.07) is 0. The number of aliphatic hydroxyl groups excluding tert-OH is 1. The summed E-state index contributed by atoms with van der Waals surface area (Å²) in [6.45, 7) is 9.69. The minimum absolute atomic E-state index is 0. The Morgan fingerprint density at radius 1 is 1.11 bits per heavy atom. The van der Waals surface area contributed by atoms with Crippen LogP contribution in [0.15, 0.2) is 0 Å². The molecule has 1 N–H and O–H groups in total. The Balaban J connectivity index is -0.0000000720. The van der Waals surface area contributed by atoms with Crippen LogP contribution < -0.4 is 0 Å². The first kappa shape index (κ1) is 16.8. The van der Waals surface area contributed by atoms with Crippen LogP contribution in [0.3, 0.4) is 0 Å². The Labute approximate surface area is 97.5 Å². The second-order valence-corrected chi connectivity index (χ2v) is 2.59.